The third kappa shape index (κ3) is 2.28. The molecule has 0 atom stereocenters. The summed E-state index contributed by atoms with van der Waals surface area (Å²) in [4.78, 5) is 29.9. The van der Waals surface area contributed by atoms with Gasteiger partial charge >= 0.3 is 5.97 Å². The second kappa shape index (κ2) is 4.30. The molecule has 8 heteroatoms. The SMILES string of the molecule is CC1(OCC(=O)O)CN(c2nc[nH]c(=O)c2N)C1. The Bertz CT molecular complexity index is 521. The van der Waals surface area contributed by atoms with Crippen LogP contribution in [-0.2, 0) is 9.53 Å². The Balaban J connectivity index is 2.02. The first-order chi connectivity index (χ1) is 8.41. The molecule has 4 N–H and O–H groups in total. The van der Waals surface area contributed by atoms with Crippen molar-refractivity contribution in [1.82, 2.24) is 9.97 Å². The fourth-order valence-electron chi connectivity index (χ4n) is 1.89. The number of H-pyrrole nitrogens is 1. The number of carbonyl (C=O) groups is 1. The van der Waals surface area contributed by atoms with Gasteiger partial charge < -0.3 is 25.5 Å². The Hall–Kier alpha value is -2.09. The summed E-state index contributed by atoms with van der Waals surface area (Å²) in [5.74, 6) is -0.612. The van der Waals surface area contributed by atoms with E-state index in [-0.39, 0.29) is 17.9 Å². The molecule has 1 aromatic heterocycles. The van der Waals surface area contributed by atoms with E-state index >= 15 is 0 Å². The monoisotopic (exact) mass is 254 g/mol. The van der Waals surface area contributed by atoms with E-state index in [1.165, 1.54) is 6.33 Å². The zero-order valence-electron chi connectivity index (χ0n) is 9.84. The summed E-state index contributed by atoms with van der Waals surface area (Å²) < 4.78 is 5.25. The number of nitrogens with zero attached hydrogens (tertiary/aromatic N) is 2. The van der Waals surface area contributed by atoms with Gasteiger partial charge in [-0.15, -0.1) is 0 Å². The molecule has 0 aromatic carbocycles. The first-order valence-electron chi connectivity index (χ1n) is 5.35. The number of nitrogens with one attached hydrogen (secondary N) is 1. The minimum Gasteiger partial charge on any atom is -0.480 e. The maximum atomic E-state index is 11.3. The van der Waals surface area contributed by atoms with Crippen molar-refractivity contribution in [3.8, 4) is 0 Å². The molecule has 1 fully saturated rings. The lowest BCUT2D eigenvalue weighted by Crippen LogP contribution is -2.62. The van der Waals surface area contributed by atoms with Crippen LogP contribution in [0.5, 0.6) is 0 Å². The molecule has 1 saturated heterocycles. The molecule has 0 amide bonds. The van der Waals surface area contributed by atoms with Gasteiger partial charge in [0.1, 0.15) is 17.9 Å². The zero-order valence-corrected chi connectivity index (χ0v) is 9.84. The van der Waals surface area contributed by atoms with Crippen LogP contribution in [0.25, 0.3) is 0 Å². The van der Waals surface area contributed by atoms with Gasteiger partial charge in [0, 0.05) is 0 Å². The maximum absolute atomic E-state index is 11.3. The largest absolute Gasteiger partial charge is 0.480 e. The number of anilines is 2. The zero-order chi connectivity index (χ0) is 13.3. The predicted molar refractivity (Wildman–Crippen MR) is 63.5 cm³/mol. The summed E-state index contributed by atoms with van der Waals surface area (Å²) in [6.45, 7) is 2.35. The predicted octanol–water partition coefficient (Wildman–Crippen LogP) is -0.968. The fourth-order valence-corrected chi connectivity index (χ4v) is 1.89. The van der Waals surface area contributed by atoms with E-state index in [9.17, 15) is 9.59 Å². The van der Waals surface area contributed by atoms with Gasteiger partial charge in [-0.1, -0.05) is 0 Å². The Morgan fingerprint density at radius 2 is 2.39 bits per heavy atom. The van der Waals surface area contributed by atoms with Crippen molar-refractivity contribution < 1.29 is 14.6 Å². The van der Waals surface area contributed by atoms with E-state index in [4.69, 9.17) is 15.6 Å². The average Bonchev–Trinajstić information content (AvgIpc) is 2.27. The minimum absolute atomic E-state index is 0.0535. The van der Waals surface area contributed by atoms with Crippen molar-refractivity contribution in [2.45, 2.75) is 12.5 Å². The third-order valence-corrected chi connectivity index (χ3v) is 2.76. The number of aliphatic carboxylic acids is 1. The Kier molecular flexibility index (Phi) is 2.95. The smallest absolute Gasteiger partial charge is 0.329 e. The van der Waals surface area contributed by atoms with Gasteiger partial charge in [0.25, 0.3) is 5.56 Å². The number of hydrogen-bond donors (Lipinski definition) is 3. The van der Waals surface area contributed by atoms with E-state index < -0.39 is 11.6 Å². The molecule has 1 aliphatic rings. The Morgan fingerprint density at radius 3 is 3.00 bits per heavy atom. The van der Waals surface area contributed by atoms with Gasteiger partial charge in [0.2, 0.25) is 0 Å². The van der Waals surface area contributed by atoms with Crippen LogP contribution in [-0.4, -0.2) is 46.3 Å². The van der Waals surface area contributed by atoms with Gasteiger partial charge in [-0.3, -0.25) is 4.79 Å². The van der Waals surface area contributed by atoms with Crippen LogP contribution in [0, 0.1) is 0 Å². The fraction of sp³-hybridized carbons (Fsp3) is 0.500. The van der Waals surface area contributed by atoms with Crippen LogP contribution < -0.4 is 16.2 Å². The molecular formula is C10H14N4O4. The summed E-state index contributed by atoms with van der Waals surface area (Å²) in [6, 6.07) is 0. The van der Waals surface area contributed by atoms with Crippen molar-refractivity contribution in [2.75, 3.05) is 30.3 Å². The topological polar surface area (TPSA) is 122 Å². The van der Waals surface area contributed by atoms with E-state index in [0.717, 1.165) is 0 Å². The van der Waals surface area contributed by atoms with E-state index in [1.807, 2.05) is 0 Å². The Morgan fingerprint density at radius 1 is 1.72 bits per heavy atom. The van der Waals surface area contributed by atoms with Crippen LogP contribution in [0.15, 0.2) is 11.1 Å². The maximum Gasteiger partial charge on any atom is 0.329 e. The van der Waals surface area contributed by atoms with Gasteiger partial charge in [0.05, 0.1) is 19.4 Å². The molecule has 0 spiro atoms. The van der Waals surface area contributed by atoms with Gasteiger partial charge in [-0.25, -0.2) is 9.78 Å². The van der Waals surface area contributed by atoms with E-state index in [0.29, 0.717) is 18.9 Å². The lowest BCUT2D eigenvalue weighted by atomic mass is 9.96. The first-order valence-corrected chi connectivity index (χ1v) is 5.35. The van der Waals surface area contributed by atoms with Crippen LogP contribution in [0.4, 0.5) is 11.5 Å². The van der Waals surface area contributed by atoms with Gasteiger partial charge in [-0.2, -0.15) is 0 Å². The van der Waals surface area contributed by atoms with Crippen molar-refractivity contribution in [1.29, 1.82) is 0 Å². The molecule has 0 saturated carbocycles. The van der Waals surface area contributed by atoms with Gasteiger partial charge in [-0.05, 0) is 6.92 Å². The molecule has 0 bridgehead atoms. The summed E-state index contributed by atoms with van der Waals surface area (Å²) in [5.41, 5.74) is 4.74. The number of ether oxygens (including phenoxy) is 1. The van der Waals surface area contributed by atoms with Crippen molar-refractivity contribution in [3.05, 3.63) is 16.7 Å². The normalized spacial score (nSPS) is 17.3. The highest BCUT2D eigenvalue weighted by Gasteiger charge is 2.41. The molecule has 0 unspecified atom stereocenters. The molecule has 2 heterocycles. The highest BCUT2D eigenvalue weighted by atomic mass is 16.5. The highest BCUT2D eigenvalue weighted by Crippen LogP contribution is 2.30. The highest BCUT2D eigenvalue weighted by molar-refractivity contribution is 5.68. The molecule has 1 aliphatic heterocycles. The lowest BCUT2D eigenvalue weighted by Gasteiger charge is -2.47. The third-order valence-electron chi connectivity index (χ3n) is 2.76. The van der Waals surface area contributed by atoms with Crippen LogP contribution in [0.1, 0.15) is 6.92 Å². The molecule has 98 valence electrons. The second-order valence-electron chi connectivity index (χ2n) is 4.46. The molecule has 18 heavy (non-hydrogen) atoms. The first kappa shape index (κ1) is 12.4. The summed E-state index contributed by atoms with van der Waals surface area (Å²) in [5, 5.41) is 8.54. The summed E-state index contributed by atoms with van der Waals surface area (Å²) >= 11 is 0. The number of hydrogen-bond acceptors (Lipinski definition) is 6. The van der Waals surface area contributed by atoms with Crippen LogP contribution in [0.3, 0.4) is 0 Å². The molecule has 0 aliphatic carbocycles. The Labute approximate surface area is 102 Å². The number of carboxylic acids is 1. The van der Waals surface area contributed by atoms with Crippen LogP contribution >= 0.6 is 0 Å². The lowest BCUT2D eigenvalue weighted by molar-refractivity contribution is -0.150. The van der Waals surface area contributed by atoms with Crippen molar-refractivity contribution in [3.63, 3.8) is 0 Å². The van der Waals surface area contributed by atoms with E-state index in [2.05, 4.69) is 9.97 Å². The second-order valence-corrected chi connectivity index (χ2v) is 4.46. The molecule has 2 rings (SSSR count). The number of rotatable bonds is 4. The van der Waals surface area contributed by atoms with Crippen molar-refractivity contribution in [2.24, 2.45) is 0 Å². The summed E-state index contributed by atoms with van der Waals surface area (Å²) in [6.07, 6.45) is 1.28. The van der Waals surface area contributed by atoms with Crippen LogP contribution in [0.2, 0.25) is 0 Å². The average molecular weight is 254 g/mol. The van der Waals surface area contributed by atoms with Crippen molar-refractivity contribution >= 4 is 17.5 Å². The molecule has 0 radical (unpaired) electrons. The number of nitrogens with two attached hydrogens (primary N) is 1. The minimum atomic E-state index is -1.01. The number of aromatic nitrogens is 2. The molecule has 1 aromatic rings. The van der Waals surface area contributed by atoms with E-state index in [1.54, 1.807) is 11.8 Å². The molecule has 8 nitrogen and oxygen atoms in total. The number of aromatic amines is 1. The number of carboxylic acid groups (broad SMARTS) is 1. The number of nitrogen functional groups attached to an aromatic ring is 1. The molecular weight excluding hydrogens is 240 g/mol. The van der Waals surface area contributed by atoms with Gasteiger partial charge in [0.15, 0.2) is 5.82 Å². The quantitative estimate of drug-likeness (QED) is 0.632. The summed E-state index contributed by atoms with van der Waals surface area (Å²) in [7, 11) is 0. The standard InChI is InChI=1S/C10H14N4O4/c1-10(18-2-6(15)16)3-14(4-10)8-7(11)9(17)13-5-12-8/h5H,2-4,11H2,1H3,(H,15,16)(H,12,13,17).